The molecule has 17 heavy (non-hydrogen) atoms. The monoisotopic (exact) mass is 240 g/mol. The van der Waals surface area contributed by atoms with Gasteiger partial charge >= 0.3 is 0 Å². The third-order valence-corrected chi connectivity index (χ3v) is 4.89. The number of piperazine rings is 1. The summed E-state index contributed by atoms with van der Waals surface area (Å²) in [7, 11) is 0. The second-order valence-electron chi connectivity index (χ2n) is 6.38. The van der Waals surface area contributed by atoms with Crippen LogP contribution in [0.25, 0.3) is 0 Å². The van der Waals surface area contributed by atoms with Gasteiger partial charge in [-0.3, -0.25) is 4.90 Å². The Kier molecular flexibility index (Phi) is 5.03. The van der Waals surface area contributed by atoms with Crippen LogP contribution in [0.3, 0.4) is 0 Å². The van der Waals surface area contributed by atoms with Gasteiger partial charge in [-0.2, -0.15) is 0 Å². The van der Waals surface area contributed by atoms with Crippen LogP contribution >= 0.6 is 0 Å². The molecule has 3 unspecified atom stereocenters. The third kappa shape index (κ3) is 3.23. The lowest BCUT2D eigenvalue weighted by Gasteiger charge is -2.54. The number of rotatable bonds is 5. The summed E-state index contributed by atoms with van der Waals surface area (Å²) in [5, 5.41) is 3.77. The molecule has 2 heteroatoms. The summed E-state index contributed by atoms with van der Waals surface area (Å²) in [6, 6.07) is 0.706. The zero-order valence-electron chi connectivity index (χ0n) is 12.8. The second-order valence-corrected chi connectivity index (χ2v) is 6.38. The summed E-state index contributed by atoms with van der Waals surface area (Å²) in [4.78, 5) is 2.76. The van der Waals surface area contributed by atoms with Crippen LogP contribution in [0.4, 0.5) is 0 Å². The predicted molar refractivity (Wildman–Crippen MR) is 76.5 cm³/mol. The Labute approximate surface area is 108 Å². The molecule has 0 aliphatic carbocycles. The van der Waals surface area contributed by atoms with Gasteiger partial charge < -0.3 is 5.32 Å². The average molecular weight is 240 g/mol. The van der Waals surface area contributed by atoms with Gasteiger partial charge in [0.2, 0.25) is 0 Å². The Hall–Kier alpha value is -0.0800. The number of hydrogen-bond acceptors (Lipinski definition) is 2. The Bertz CT molecular complexity index is 241. The van der Waals surface area contributed by atoms with Crippen molar-refractivity contribution in [1.29, 1.82) is 0 Å². The summed E-state index contributed by atoms with van der Waals surface area (Å²) in [5.74, 6) is 0. The lowest BCUT2D eigenvalue weighted by atomic mass is 9.84. The lowest BCUT2D eigenvalue weighted by Crippen LogP contribution is -2.69. The topological polar surface area (TPSA) is 15.3 Å². The molecule has 0 aromatic heterocycles. The van der Waals surface area contributed by atoms with Gasteiger partial charge in [0, 0.05) is 30.2 Å². The Morgan fingerprint density at radius 1 is 1.18 bits per heavy atom. The van der Waals surface area contributed by atoms with E-state index in [1.807, 2.05) is 0 Å². The van der Waals surface area contributed by atoms with Crippen molar-refractivity contribution in [1.82, 2.24) is 10.2 Å². The minimum absolute atomic E-state index is 0.302. The number of nitrogens with one attached hydrogen (secondary N) is 1. The highest BCUT2D eigenvalue weighted by atomic mass is 15.3. The molecule has 0 bridgehead atoms. The van der Waals surface area contributed by atoms with Crippen LogP contribution in [0.1, 0.15) is 67.2 Å². The fraction of sp³-hybridized carbons (Fsp3) is 1.00. The number of hydrogen-bond donors (Lipinski definition) is 1. The lowest BCUT2D eigenvalue weighted by molar-refractivity contribution is -0.0138. The maximum atomic E-state index is 3.77. The molecule has 1 saturated heterocycles. The standard InChI is InChI=1S/C15H32N2/c1-7-10-13(4)17-12-14(5,8-2)16-11-15(17,6)9-3/h13,16H,7-12H2,1-6H3. The molecule has 0 saturated carbocycles. The van der Waals surface area contributed by atoms with E-state index in [1.165, 1.54) is 32.2 Å². The normalized spacial score (nSPS) is 37.1. The Morgan fingerprint density at radius 2 is 1.82 bits per heavy atom. The molecule has 0 amide bonds. The number of nitrogens with zero attached hydrogens (tertiary/aromatic N) is 1. The quantitative estimate of drug-likeness (QED) is 0.792. The molecule has 1 N–H and O–H groups in total. The van der Waals surface area contributed by atoms with E-state index in [2.05, 4.69) is 51.8 Å². The first kappa shape index (κ1) is 15.0. The first-order chi connectivity index (χ1) is 7.90. The fourth-order valence-corrected chi connectivity index (χ4v) is 2.95. The summed E-state index contributed by atoms with van der Waals surface area (Å²) in [6.45, 7) is 16.4. The molecule has 0 radical (unpaired) electrons. The average Bonchev–Trinajstić information content (AvgIpc) is 2.33. The Morgan fingerprint density at radius 3 is 2.29 bits per heavy atom. The van der Waals surface area contributed by atoms with Crippen LogP contribution in [0.2, 0.25) is 0 Å². The van der Waals surface area contributed by atoms with Crippen LogP contribution in [0.15, 0.2) is 0 Å². The maximum absolute atomic E-state index is 3.77. The molecule has 1 heterocycles. The largest absolute Gasteiger partial charge is 0.308 e. The smallest absolute Gasteiger partial charge is 0.0306 e. The summed E-state index contributed by atoms with van der Waals surface area (Å²) >= 11 is 0. The van der Waals surface area contributed by atoms with E-state index in [4.69, 9.17) is 0 Å². The van der Waals surface area contributed by atoms with Crippen molar-refractivity contribution in [3.8, 4) is 0 Å². The van der Waals surface area contributed by atoms with Crippen molar-refractivity contribution < 1.29 is 0 Å². The van der Waals surface area contributed by atoms with Crippen LogP contribution in [-0.4, -0.2) is 35.1 Å². The predicted octanol–water partition coefficient (Wildman–Crippen LogP) is 3.42. The highest BCUT2D eigenvalue weighted by molar-refractivity contribution is 5.02. The van der Waals surface area contributed by atoms with E-state index in [1.54, 1.807) is 0 Å². The van der Waals surface area contributed by atoms with Gasteiger partial charge in [0.05, 0.1) is 0 Å². The minimum atomic E-state index is 0.302. The molecule has 102 valence electrons. The molecule has 0 aromatic carbocycles. The molecule has 1 rings (SSSR count). The third-order valence-electron chi connectivity index (χ3n) is 4.89. The molecular formula is C15H32N2. The molecule has 0 spiro atoms. The molecular weight excluding hydrogens is 208 g/mol. The molecule has 1 aliphatic heterocycles. The van der Waals surface area contributed by atoms with Crippen molar-refractivity contribution in [3.63, 3.8) is 0 Å². The molecule has 1 fully saturated rings. The van der Waals surface area contributed by atoms with E-state index >= 15 is 0 Å². The molecule has 1 aliphatic rings. The van der Waals surface area contributed by atoms with Gasteiger partial charge in [-0.1, -0.05) is 27.2 Å². The van der Waals surface area contributed by atoms with Gasteiger partial charge in [-0.15, -0.1) is 0 Å². The van der Waals surface area contributed by atoms with Gasteiger partial charge in [0.1, 0.15) is 0 Å². The van der Waals surface area contributed by atoms with Crippen molar-refractivity contribution >= 4 is 0 Å². The van der Waals surface area contributed by atoms with Crippen LogP contribution in [0.5, 0.6) is 0 Å². The van der Waals surface area contributed by atoms with Gasteiger partial charge in [0.15, 0.2) is 0 Å². The highest BCUT2D eigenvalue weighted by Crippen LogP contribution is 2.31. The zero-order valence-corrected chi connectivity index (χ0v) is 12.8. The van der Waals surface area contributed by atoms with Gasteiger partial charge in [0.25, 0.3) is 0 Å². The minimum Gasteiger partial charge on any atom is -0.308 e. The Balaban J connectivity index is 2.83. The fourth-order valence-electron chi connectivity index (χ4n) is 2.95. The van der Waals surface area contributed by atoms with E-state index < -0.39 is 0 Å². The second kappa shape index (κ2) is 5.71. The van der Waals surface area contributed by atoms with E-state index in [0.717, 1.165) is 6.54 Å². The van der Waals surface area contributed by atoms with Crippen molar-refractivity contribution in [2.75, 3.05) is 13.1 Å². The molecule has 3 atom stereocenters. The highest BCUT2D eigenvalue weighted by Gasteiger charge is 2.42. The van der Waals surface area contributed by atoms with Crippen molar-refractivity contribution in [3.05, 3.63) is 0 Å². The van der Waals surface area contributed by atoms with Gasteiger partial charge in [-0.25, -0.2) is 0 Å². The SMILES string of the molecule is CCCC(C)N1CC(C)(CC)NCC1(C)CC. The molecule has 0 aromatic rings. The van der Waals surface area contributed by atoms with Crippen LogP contribution in [-0.2, 0) is 0 Å². The van der Waals surface area contributed by atoms with E-state index in [-0.39, 0.29) is 0 Å². The van der Waals surface area contributed by atoms with Crippen LogP contribution in [0, 0.1) is 0 Å². The van der Waals surface area contributed by atoms with Gasteiger partial charge in [-0.05, 0) is 40.0 Å². The molecule has 2 nitrogen and oxygen atoms in total. The zero-order chi connectivity index (χ0) is 13.1. The van der Waals surface area contributed by atoms with Crippen LogP contribution < -0.4 is 5.32 Å². The van der Waals surface area contributed by atoms with E-state index in [9.17, 15) is 0 Å². The first-order valence-corrected chi connectivity index (χ1v) is 7.42. The van der Waals surface area contributed by atoms with E-state index in [0.29, 0.717) is 17.1 Å². The summed E-state index contributed by atoms with van der Waals surface area (Å²) in [5.41, 5.74) is 0.639. The summed E-state index contributed by atoms with van der Waals surface area (Å²) < 4.78 is 0. The van der Waals surface area contributed by atoms with Crippen molar-refractivity contribution in [2.45, 2.75) is 84.3 Å². The maximum Gasteiger partial charge on any atom is 0.0306 e. The summed E-state index contributed by atoms with van der Waals surface area (Å²) in [6.07, 6.45) is 5.04. The first-order valence-electron chi connectivity index (χ1n) is 7.42. The van der Waals surface area contributed by atoms with Crippen molar-refractivity contribution in [2.24, 2.45) is 0 Å².